The molecule has 0 atom stereocenters. The second-order valence-electron chi connectivity index (χ2n) is 13.8. The highest BCUT2D eigenvalue weighted by Crippen LogP contribution is 2.57. The maximum absolute atomic E-state index is 13.6. The molecule has 258 valence electrons. The van der Waals surface area contributed by atoms with Gasteiger partial charge in [-0.3, -0.25) is 0 Å². The second-order valence-corrected chi connectivity index (χ2v) is 13.8. The second kappa shape index (κ2) is 15.3. The Balaban J connectivity index is 1.83. The zero-order chi connectivity index (χ0) is 35.3. The van der Waals surface area contributed by atoms with Crippen LogP contribution >= 0.6 is 0 Å². The molecule has 0 radical (unpaired) electrons. The van der Waals surface area contributed by atoms with Gasteiger partial charge in [0, 0.05) is 0 Å². The van der Waals surface area contributed by atoms with Crippen LogP contribution < -0.4 is 9.47 Å². The fourth-order valence-corrected chi connectivity index (χ4v) is 6.66. The lowest BCUT2D eigenvalue weighted by Crippen LogP contribution is -2.30. The number of fused-ring (bicyclic) bond motifs is 3. The van der Waals surface area contributed by atoms with Crippen LogP contribution in [-0.2, 0) is 14.9 Å². The number of hydrogen-bond donors (Lipinski definition) is 0. The predicted octanol–water partition coefficient (Wildman–Crippen LogP) is 9.87. The molecule has 0 unspecified atom stereocenters. The lowest BCUT2D eigenvalue weighted by atomic mass is 9.66. The summed E-state index contributed by atoms with van der Waals surface area (Å²) in [5.74, 6) is 1.02. The molecule has 0 fully saturated rings. The molecule has 49 heavy (non-hydrogen) atoms. The first-order chi connectivity index (χ1) is 23.5. The lowest BCUT2D eigenvalue weighted by molar-refractivity contribution is 0.0511. The number of carbonyl (C=O) groups is 2. The zero-order valence-electron chi connectivity index (χ0n) is 30.3. The van der Waals surface area contributed by atoms with Gasteiger partial charge in [-0.15, -0.1) is 0 Å². The van der Waals surface area contributed by atoms with Crippen LogP contribution in [0.25, 0.3) is 11.1 Å². The Hall–Kier alpha value is -4.58. The molecular formula is C43H50O6. The number of hydrogen-bond acceptors (Lipinski definition) is 6. The fraction of sp³-hybridized carbons (Fsp3) is 0.395. The Bertz CT molecular complexity index is 1680. The molecule has 6 heteroatoms. The topological polar surface area (TPSA) is 71.1 Å². The third-order valence-electron chi connectivity index (χ3n) is 9.17. The zero-order valence-corrected chi connectivity index (χ0v) is 30.3. The number of carbonyl (C=O) groups excluding carboxylic acids is 2. The Morgan fingerprint density at radius 3 is 1.37 bits per heavy atom. The summed E-state index contributed by atoms with van der Waals surface area (Å²) >= 11 is 0. The monoisotopic (exact) mass is 662 g/mol. The molecule has 0 saturated carbocycles. The highest BCUT2D eigenvalue weighted by Gasteiger charge is 2.47. The van der Waals surface area contributed by atoms with Crippen molar-refractivity contribution in [1.82, 2.24) is 0 Å². The van der Waals surface area contributed by atoms with Crippen LogP contribution in [0.1, 0.15) is 108 Å². The highest BCUT2D eigenvalue weighted by atomic mass is 16.5. The van der Waals surface area contributed by atoms with E-state index in [0.717, 1.165) is 57.3 Å². The summed E-state index contributed by atoms with van der Waals surface area (Å²) in [4.78, 5) is 27.2. The van der Waals surface area contributed by atoms with Crippen LogP contribution in [0.2, 0.25) is 0 Å². The molecule has 0 spiro atoms. The van der Waals surface area contributed by atoms with Gasteiger partial charge < -0.3 is 18.9 Å². The summed E-state index contributed by atoms with van der Waals surface area (Å²) in [7, 11) is 0. The molecule has 0 saturated heterocycles. The van der Waals surface area contributed by atoms with Crippen molar-refractivity contribution in [2.45, 2.75) is 73.6 Å². The number of benzene rings is 4. The molecule has 0 aromatic heterocycles. The van der Waals surface area contributed by atoms with Crippen molar-refractivity contribution >= 4 is 11.9 Å². The minimum Gasteiger partial charge on any atom is -0.493 e. The van der Waals surface area contributed by atoms with E-state index in [-0.39, 0.29) is 13.2 Å². The molecule has 0 amide bonds. The summed E-state index contributed by atoms with van der Waals surface area (Å²) in [6, 6.07) is 24.8. The average Bonchev–Trinajstić information content (AvgIpc) is 3.34. The minimum atomic E-state index is -0.891. The molecule has 4 aromatic carbocycles. The van der Waals surface area contributed by atoms with Gasteiger partial charge in [-0.25, -0.2) is 9.59 Å². The number of rotatable bonds is 14. The minimum absolute atomic E-state index is 0.241. The van der Waals surface area contributed by atoms with Gasteiger partial charge >= 0.3 is 11.9 Å². The summed E-state index contributed by atoms with van der Waals surface area (Å²) in [5.41, 5.74) is 8.14. The van der Waals surface area contributed by atoms with E-state index in [4.69, 9.17) is 18.9 Å². The van der Waals surface area contributed by atoms with Gasteiger partial charge in [0.15, 0.2) is 0 Å². The molecule has 5 rings (SSSR count). The van der Waals surface area contributed by atoms with E-state index in [1.54, 1.807) is 13.8 Å². The van der Waals surface area contributed by atoms with E-state index in [0.29, 0.717) is 47.7 Å². The first-order valence-electron chi connectivity index (χ1n) is 17.6. The largest absolute Gasteiger partial charge is 0.493 e. The number of aryl methyl sites for hydroxylation is 2. The van der Waals surface area contributed by atoms with Crippen molar-refractivity contribution in [3.63, 3.8) is 0 Å². The molecule has 1 aliphatic rings. The highest BCUT2D eigenvalue weighted by molar-refractivity contribution is 5.95. The van der Waals surface area contributed by atoms with Gasteiger partial charge in [0.25, 0.3) is 0 Å². The van der Waals surface area contributed by atoms with Crippen LogP contribution in [-0.4, -0.2) is 38.4 Å². The van der Waals surface area contributed by atoms with E-state index in [2.05, 4.69) is 77.9 Å². The van der Waals surface area contributed by atoms with E-state index in [9.17, 15) is 9.59 Å². The van der Waals surface area contributed by atoms with E-state index in [1.165, 1.54) is 0 Å². The summed E-state index contributed by atoms with van der Waals surface area (Å²) in [5, 5.41) is 0. The predicted molar refractivity (Wildman–Crippen MR) is 195 cm³/mol. The van der Waals surface area contributed by atoms with Crippen molar-refractivity contribution in [2.75, 3.05) is 26.4 Å². The molecule has 0 heterocycles. The van der Waals surface area contributed by atoms with Crippen LogP contribution in [0.3, 0.4) is 0 Å². The van der Waals surface area contributed by atoms with Crippen molar-refractivity contribution in [3.05, 3.63) is 117 Å². The SMILES string of the molecule is CCOC(=O)c1cc(C2(c3ccc(OCCC(C)C)c(C(=O)OCC)c3)c3cc(C)ccc3-c3ccc(C)cc32)ccc1OCCC(C)C. The van der Waals surface area contributed by atoms with Gasteiger partial charge in [0.2, 0.25) is 0 Å². The van der Waals surface area contributed by atoms with Crippen molar-refractivity contribution < 1.29 is 28.5 Å². The number of ether oxygens (including phenoxy) is 4. The number of esters is 2. The van der Waals surface area contributed by atoms with Gasteiger partial charge in [0.1, 0.15) is 22.6 Å². The van der Waals surface area contributed by atoms with E-state index < -0.39 is 17.4 Å². The third-order valence-corrected chi connectivity index (χ3v) is 9.17. The average molecular weight is 663 g/mol. The summed E-state index contributed by atoms with van der Waals surface area (Å²) in [6.45, 7) is 17.8. The first-order valence-corrected chi connectivity index (χ1v) is 17.6. The Kier molecular flexibility index (Phi) is 11.2. The molecule has 0 bridgehead atoms. The summed E-state index contributed by atoms with van der Waals surface area (Å²) < 4.78 is 23.6. The maximum Gasteiger partial charge on any atom is 0.341 e. The van der Waals surface area contributed by atoms with Crippen molar-refractivity contribution in [3.8, 4) is 22.6 Å². The standard InChI is InChI=1S/C43H50O6/c1-9-46-41(44)35-25-31(13-17-39(35)48-21-19-27(3)4)43(37-23-29(7)11-15-33(37)34-16-12-30(8)24-38(34)43)32-14-18-40(49-22-20-28(5)6)36(26-32)42(45)47-10-2/h11-18,23-28H,9-10,19-22H2,1-8H3. The van der Waals surface area contributed by atoms with Crippen molar-refractivity contribution in [1.29, 1.82) is 0 Å². The molecular weight excluding hydrogens is 612 g/mol. The van der Waals surface area contributed by atoms with Crippen LogP contribution in [0.5, 0.6) is 11.5 Å². The van der Waals surface area contributed by atoms with Gasteiger partial charge in [-0.1, -0.05) is 87.4 Å². The van der Waals surface area contributed by atoms with Crippen LogP contribution in [0.15, 0.2) is 72.8 Å². The fourth-order valence-electron chi connectivity index (χ4n) is 6.66. The Labute approximate surface area is 291 Å². The smallest absolute Gasteiger partial charge is 0.341 e. The third kappa shape index (κ3) is 7.24. The Morgan fingerprint density at radius 1 is 0.592 bits per heavy atom. The normalized spacial score (nSPS) is 12.9. The first kappa shape index (κ1) is 35.7. The van der Waals surface area contributed by atoms with E-state index in [1.807, 2.05) is 36.4 Å². The molecule has 6 nitrogen and oxygen atoms in total. The molecule has 1 aliphatic carbocycles. The van der Waals surface area contributed by atoms with Crippen LogP contribution in [0.4, 0.5) is 0 Å². The summed E-state index contributed by atoms with van der Waals surface area (Å²) in [6.07, 6.45) is 1.71. The molecule has 0 N–H and O–H groups in total. The van der Waals surface area contributed by atoms with Gasteiger partial charge in [-0.2, -0.15) is 0 Å². The molecule has 0 aliphatic heterocycles. The lowest BCUT2D eigenvalue weighted by Gasteiger charge is -2.35. The van der Waals surface area contributed by atoms with Gasteiger partial charge in [0.05, 0.1) is 31.8 Å². The quantitative estimate of drug-likeness (QED) is 0.110. The van der Waals surface area contributed by atoms with Crippen molar-refractivity contribution in [2.24, 2.45) is 11.8 Å². The van der Waals surface area contributed by atoms with E-state index >= 15 is 0 Å². The van der Waals surface area contributed by atoms with Crippen LogP contribution in [0, 0.1) is 25.7 Å². The maximum atomic E-state index is 13.6. The van der Waals surface area contributed by atoms with Gasteiger partial charge in [-0.05, 0) is 110 Å². The molecule has 4 aromatic rings. The Morgan fingerprint density at radius 2 is 1.00 bits per heavy atom.